The summed E-state index contributed by atoms with van der Waals surface area (Å²) in [7, 11) is 2.57. The number of nitrogens with one attached hydrogen (secondary N) is 2. The number of hydrogen-bond acceptors (Lipinski definition) is 6. The summed E-state index contributed by atoms with van der Waals surface area (Å²) in [6.07, 6.45) is 0.636. The van der Waals surface area contributed by atoms with Crippen molar-refractivity contribution < 1.29 is 19.1 Å². The number of aryl methyl sites for hydroxylation is 1. The van der Waals surface area contributed by atoms with E-state index in [0.717, 1.165) is 0 Å². The molecular weight excluding hydrogens is 334 g/mol. The lowest BCUT2D eigenvalue weighted by Gasteiger charge is -2.29. The van der Waals surface area contributed by atoms with E-state index in [1.54, 1.807) is 13.8 Å². The molecule has 1 aliphatic rings. The van der Waals surface area contributed by atoms with Crippen molar-refractivity contribution in [2.75, 3.05) is 14.2 Å². The number of allylic oxidation sites excluding steroid dienone is 2. The van der Waals surface area contributed by atoms with E-state index in [1.807, 2.05) is 6.92 Å². The van der Waals surface area contributed by atoms with Crippen molar-refractivity contribution in [1.29, 1.82) is 0 Å². The minimum atomic E-state index is -0.744. The summed E-state index contributed by atoms with van der Waals surface area (Å²) in [6, 6.07) is 0. The molecule has 1 aromatic rings. The van der Waals surface area contributed by atoms with Crippen molar-refractivity contribution in [3.63, 3.8) is 0 Å². The molecule has 0 aliphatic carbocycles. The number of rotatable bonds is 4. The van der Waals surface area contributed by atoms with Crippen LogP contribution in [0.25, 0.3) is 0 Å². The Morgan fingerprint density at radius 1 is 1.12 bits per heavy atom. The Morgan fingerprint density at radius 3 is 2.00 bits per heavy atom. The Kier molecular flexibility index (Phi) is 5.33. The highest BCUT2D eigenvalue weighted by molar-refractivity contribution is 6.30. The molecule has 1 aliphatic heterocycles. The molecule has 7 nitrogen and oxygen atoms in total. The maximum atomic E-state index is 12.3. The van der Waals surface area contributed by atoms with Crippen molar-refractivity contribution in [2.45, 2.75) is 33.1 Å². The fourth-order valence-electron chi connectivity index (χ4n) is 2.82. The lowest BCUT2D eigenvalue weighted by molar-refractivity contribution is -0.137. The predicted molar refractivity (Wildman–Crippen MR) is 88.3 cm³/mol. The molecule has 8 heteroatoms. The maximum Gasteiger partial charge on any atom is 0.336 e. The van der Waals surface area contributed by atoms with Crippen LogP contribution in [-0.4, -0.2) is 36.1 Å². The number of carbonyl (C=O) groups excluding carboxylic acids is 2. The van der Waals surface area contributed by atoms with Gasteiger partial charge in [-0.05, 0) is 13.8 Å². The summed E-state index contributed by atoms with van der Waals surface area (Å²) in [4.78, 5) is 32.0. The normalized spacial score (nSPS) is 15.4. The molecule has 1 aromatic heterocycles. The first-order chi connectivity index (χ1) is 11.3. The van der Waals surface area contributed by atoms with Gasteiger partial charge in [-0.2, -0.15) is 0 Å². The molecule has 0 spiro atoms. The number of H-pyrrole nitrogens is 1. The van der Waals surface area contributed by atoms with Crippen LogP contribution in [0.2, 0.25) is 5.15 Å². The first-order valence-corrected chi connectivity index (χ1v) is 7.82. The molecule has 0 unspecified atom stereocenters. The van der Waals surface area contributed by atoms with Crippen LogP contribution in [0.15, 0.2) is 22.5 Å². The molecule has 0 fully saturated rings. The van der Waals surface area contributed by atoms with Crippen LogP contribution >= 0.6 is 11.6 Å². The van der Waals surface area contributed by atoms with Crippen molar-refractivity contribution in [3.05, 3.63) is 39.2 Å². The Morgan fingerprint density at radius 2 is 1.62 bits per heavy atom. The highest BCUT2D eigenvalue weighted by Gasteiger charge is 2.39. The summed E-state index contributed by atoms with van der Waals surface area (Å²) in [5.74, 6) is -1.19. The number of nitrogens with zero attached hydrogens (tertiary/aromatic N) is 1. The number of halogens is 1. The van der Waals surface area contributed by atoms with Gasteiger partial charge in [0.15, 0.2) is 5.15 Å². The molecule has 0 saturated heterocycles. The zero-order chi connectivity index (χ0) is 18.0. The van der Waals surface area contributed by atoms with E-state index in [4.69, 9.17) is 21.1 Å². The van der Waals surface area contributed by atoms with Gasteiger partial charge in [0.2, 0.25) is 0 Å². The molecule has 2 N–H and O–H groups in total. The molecule has 0 atom stereocenters. The van der Waals surface area contributed by atoms with E-state index in [2.05, 4.69) is 15.3 Å². The van der Waals surface area contributed by atoms with Crippen LogP contribution in [0.3, 0.4) is 0 Å². The largest absolute Gasteiger partial charge is 0.466 e. The number of aromatic amines is 1. The van der Waals surface area contributed by atoms with Gasteiger partial charge in [-0.1, -0.05) is 18.5 Å². The Hall–Kier alpha value is -2.28. The predicted octanol–water partition coefficient (Wildman–Crippen LogP) is 2.21. The molecule has 0 aromatic carbocycles. The molecule has 130 valence electrons. The quantitative estimate of drug-likeness (QED) is 0.806. The average Bonchev–Trinajstić information content (AvgIpc) is 2.93. The molecule has 0 amide bonds. The summed E-state index contributed by atoms with van der Waals surface area (Å²) in [5.41, 5.74) is 2.21. The van der Waals surface area contributed by atoms with Crippen molar-refractivity contribution in [1.82, 2.24) is 15.3 Å². The average molecular weight is 354 g/mol. The number of ether oxygens (including phenoxy) is 2. The number of hydrogen-bond donors (Lipinski definition) is 2. The molecule has 0 bridgehead atoms. The second-order valence-corrected chi connectivity index (χ2v) is 5.72. The zero-order valence-electron chi connectivity index (χ0n) is 14.2. The van der Waals surface area contributed by atoms with Crippen LogP contribution in [0.5, 0.6) is 0 Å². The van der Waals surface area contributed by atoms with Crippen LogP contribution in [0.4, 0.5) is 0 Å². The lowest BCUT2D eigenvalue weighted by Crippen LogP contribution is -2.32. The van der Waals surface area contributed by atoms with Gasteiger partial charge >= 0.3 is 11.9 Å². The number of esters is 2. The second kappa shape index (κ2) is 7.09. The summed E-state index contributed by atoms with van der Waals surface area (Å²) in [6.45, 7) is 5.40. The van der Waals surface area contributed by atoms with Gasteiger partial charge in [-0.3, -0.25) is 0 Å². The van der Waals surface area contributed by atoms with Crippen LogP contribution in [0, 0.1) is 0 Å². The van der Waals surface area contributed by atoms with Crippen molar-refractivity contribution in [3.8, 4) is 0 Å². The smallest absolute Gasteiger partial charge is 0.336 e. The standard InChI is InChI=1S/C16H20ClN3O4/c1-6-9-19-13(14(17)20-9)12-10(15(21)23-4)7(2)18-8(3)11(12)16(22)24-5/h12,18H,6H2,1-5H3,(H,19,20). The molecule has 0 saturated carbocycles. The lowest BCUT2D eigenvalue weighted by atomic mass is 9.83. The van der Waals surface area contributed by atoms with Gasteiger partial charge in [0.25, 0.3) is 0 Å². The highest BCUT2D eigenvalue weighted by atomic mass is 35.5. The fraction of sp³-hybridized carbons (Fsp3) is 0.438. The van der Waals surface area contributed by atoms with E-state index in [-0.39, 0.29) is 16.3 Å². The van der Waals surface area contributed by atoms with Crippen molar-refractivity contribution >= 4 is 23.5 Å². The van der Waals surface area contributed by atoms with E-state index < -0.39 is 17.9 Å². The van der Waals surface area contributed by atoms with E-state index in [1.165, 1.54) is 14.2 Å². The number of carbonyl (C=O) groups is 2. The minimum absolute atomic E-state index is 0.210. The van der Waals surface area contributed by atoms with E-state index in [9.17, 15) is 9.59 Å². The monoisotopic (exact) mass is 353 g/mol. The Bertz CT molecular complexity index is 711. The highest BCUT2D eigenvalue weighted by Crippen LogP contribution is 2.40. The van der Waals surface area contributed by atoms with E-state index in [0.29, 0.717) is 29.3 Å². The number of dihydropyridines is 1. The van der Waals surface area contributed by atoms with Gasteiger partial charge in [0.05, 0.1) is 37.0 Å². The minimum Gasteiger partial charge on any atom is -0.466 e. The molecule has 2 heterocycles. The second-order valence-electron chi connectivity index (χ2n) is 5.36. The first kappa shape index (κ1) is 18.1. The molecular formula is C16H20ClN3O4. The van der Waals surface area contributed by atoms with Gasteiger partial charge in [-0.25, -0.2) is 14.6 Å². The summed E-state index contributed by atoms with van der Waals surface area (Å²) >= 11 is 6.27. The SMILES string of the molecule is CCc1nc(Cl)c(C2C(C(=O)OC)=C(C)NC(C)=C2C(=O)OC)[nH]1. The number of aromatic nitrogens is 2. The van der Waals surface area contributed by atoms with Gasteiger partial charge < -0.3 is 19.8 Å². The van der Waals surface area contributed by atoms with Crippen molar-refractivity contribution in [2.24, 2.45) is 0 Å². The summed E-state index contributed by atoms with van der Waals surface area (Å²) < 4.78 is 9.79. The Balaban J connectivity index is 2.72. The van der Waals surface area contributed by atoms with Gasteiger partial charge in [-0.15, -0.1) is 0 Å². The first-order valence-electron chi connectivity index (χ1n) is 7.45. The third kappa shape index (κ3) is 3.03. The third-order valence-electron chi connectivity index (χ3n) is 3.93. The van der Waals surface area contributed by atoms with E-state index >= 15 is 0 Å². The van der Waals surface area contributed by atoms with Crippen LogP contribution in [0.1, 0.15) is 38.2 Å². The van der Waals surface area contributed by atoms with Crippen LogP contribution in [-0.2, 0) is 25.5 Å². The van der Waals surface area contributed by atoms with Crippen LogP contribution < -0.4 is 5.32 Å². The fourth-order valence-corrected chi connectivity index (χ4v) is 3.07. The molecule has 24 heavy (non-hydrogen) atoms. The maximum absolute atomic E-state index is 12.3. The van der Waals surface area contributed by atoms with Gasteiger partial charge in [0.1, 0.15) is 5.82 Å². The molecule has 0 radical (unpaired) electrons. The number of imidazole rings is 1. The van der Waals surface area contributed by atoms with Gasteiger partial charge in [0, 0.05) is 17.8 Å². The third-order valence-corrected chi connectivity index (χ3v) is 4.22. The Labute approximate surface area is 145 Å². The molecule has 2 rings (SSSR count). The zero-order valence-corrected chi connectivity index (χ0v) is 15.0. The number of methoxy groups -OCH3 is 2. The topological polar surface area (TPSA) is 93.3 Å². The summed E-state index contributed by atoms with van der Waals surface area (Å²) in [5, 5.41) is 3.24.